The number of hydrogen-bond acceptors (Lipinski definition) is 5. The van der Waals surface area contributed by atoms with Gasteiger partial charge in [0, 0.05) is 4.47 Å². The number of anilines is 2. The minimum atomic E-state index is -3.23. The van der Waals surface area contributed by atoms with E-state index in [1.54, 1.807) is 13.0 Å². The molecule has 0 fully saturated rings. The highest BCUT2D eigenvalue weighted by molar-refractivity contribution is 9.10. The van der Waals surface area contributed by atoms with Crippen LogP contribution in [0.5, 0.6) is 5.75 Å². The van der Waals surface area contributed by atoms with Crippen molar-refractivity contribution in [2.75, 3.05) is 18.0 Å². The fourth-order valence-corrected chi connectivity index (χ4v) is 3.30. The zero-order valence-electron chi connectivity index (χ0n) is 14.3. The fourth-order valence-electron chi connectivity index (χ4n) is 2.30. The van der Waals surface area contributed by atoms with Crippen molar-refractivity contribution in [3.8, 4) is 5.75 Å². The van der Waals surface area contributed by atoms with Crippen molar-refractivity contribution in [1.29, 1.82) is 0 Å². The molecule has 0 atom stereocenters. The maximum Gasteiger partial charge on any atom is 0.338 e. The Balaban J connectivity index is 2.59. The van der Waals surface area contributed by atoms with Gasteiger partial charge in [0.2, 0.25) is 10.9 Å². The van der Waals surface area contributed by atoms with Gasteiger partial charge in [0.25, 0.3) is 0 Å². The van der Waals surface area contributed by atoms with Crippen molar-refractivity contribution in [3.63, 3.8) is 0 Å². The molecule has 2 aromatic carbocycles. The molecule has 0 heterocycles. The van der Waals surface area contributed by atoms with Crippen molar-refractivity contribution >= 4 is 44.2 Å². The molecule has 0 bridgehead atoms. The normalized spacial score (nSPS) is 10.7. The molecular formula is C17H17BrFNO5S. The van der Waals surface area contributed by atoms with Crippen molar-refractivity contribution in [1.82, 2.24) is 0 Å². The smallest absolute Gasteiger partial charge is 0.338 e. The molecule has 0 amide bonds. The molecule has 6 nitrogen and oxygen atoms in total. The van der Waals surface area contributed by atoms with Crippen LogP contribution in [0.3, 0.4) is 0 Å². The number of hydrogen-bond donors (Lipinski definition) is 1. The quantitative estimate of drug-likeness (QED) is 0.541. The SMILES string of the molecule is CCOC(=O)c1ccc(N(c2cc(Br)c(C)cc2OC)[SH](=O)=O)c(F)c1. The number of nitrogens with zero attached hydrogens (tertiary/aromatic N) is 1. The Bertz CT molecular complexity index is 908. The summed E-state index contributed by atoms with van der Waals surface area (Å²) in [4.78, 5) is 11.7. The zero-order chi connectivity index (χ0) is 19.4. The molecule has 9 heteroatoms. The van der Waals surface area contributed by atoms with Gasteiger partial charge in [-0.3, -0.25) is 0 Å². The van der Waals surface area contributed by atoms with Crippen LogP contribution in [-0.2, 0) is 15.6 Å². The first-order valence-electron chi connectivity index (χ1n) is 7.55. The molecule has 0 N–H and O–H groups in total. The molecule has 0 radical (unpaired) electrons. The van der Waals surface area contributed by atoms with E-state index in [0.29, 0.717) is 4.47 Å². The Kier molecular flexibility index (Phi) is 6.60. The number of ether oxygens (including phenoxy) is 2. The third kappa shape index (κ3) is 4.16. The summed E-state index contributed by atoms with van der Waals surface area (Å²) in [6.45, 7) is 3.59. The lowest BCUT2D eigenvalue weighted by molar-refractivity contribution is 0.0526. The van der Waals surface area contributed by atoms with Gasteiger partial charge in [-0.2, -0.15) is 0 Å². The van der Waals surface area contributed by atoms with E-state index in [9.17, 15) is 17.6 Å². The summed E-state index contributed by atoms with van der Waals surface area (Å²) in [5, 5.41) is 0. The van der Waals surface area contributed by atoms with Crippen LogP contribution in [0.25, 0.3) is 0 Å². The Morgan fingerprint density at radius 2 is 1.92 bits per heavy atom. The van der Waals surface area contributed by atoms with E-state index >= 15 is 0 Å². The maximum atomic E-state index is 14.6. The van der Waals surface area contributed by atoms with Crippen LogP contribution in [0.15, 0.2) is 34.8 Å². The summed E-state index contributed by atoms with van der Waals surface area (Å²) in [6, 6.07) is 6.61. The molecule has 2 rings (SSSR count). The summed E-state index contributed by atoms with van der Waals surface area (Å²) in [5.41, 5.74) is 0.725. The molecule has 0 saturated carbocycles. The second-order valence-electron chi connectivity index (χ2n) is 5.21. The first-order chi connectivity index (χ1) is 12.3. The first-order valence-corrected chi connectivity index (χ1v) is 9.47. The molecule has 0 aromatic heterocycles. The molecule has 140 valence electrons. The number of benzene rings is 2. The molecule has 0 spiro atoms. The van der Waals surface area contributed by atoms with Gasteiger partial charge in [-0.05, 0) is 49.7 Å². The van der Waals surface area contributed by atoms with Crippen LogP contribution in [0.4, 0.5) is 15.8 Å². The highest BCUT2D eigenvalue weighted by Crippen LogP contribution is 2.39. The van der Waals surface area contributed by atoms with E-state index in [4.69, 9.17) is 9.47 Å². The predicted molar refractivity (Wildman–Crippen MR) is 100 cm³/mol. The van der Waals surface area contributed by atoms with E-state index in [1.165, 1.54) is 25.3 Å². The van der Waals surface area contributed by atoms with Crippen molar-refractivity contribution in [3.05, 3.63) is 51.7 Å². The minimum Gasteiger partial charge on any atom is -0.495 e. The van der Waals surface area contributed by atoms with Crippen molar-refractivity contribution < 1.29 is 27.1 Å². The summed E-state index contributed by atoms with van der Waals surface area (Å²) in [5.74, 6) is -1.31. The van der Waals surface area contributed by atoms with Gasteiger partial charge in [-0.1, -0.05) is 15.9 Å². The number of carbonyl (C=O) groups is 1. The number of esters is 1. The lowest BCUT2D eigenvalue weighted by atomic mass is 10.1. The largest absolute Gasteiger partial charge is 0.495 e. The number of methoxy groups -OCH3 is 1. The molecule has 0 aliphatic heterocycles. The number of halogens is 2. The highest BCUT2D eigenvalue weighted by atomic mass is 79.9. The van der Waals surface area contributed by atoms with Crippen LogP contribution in [0, 0.1) is 12.7 Å². The van der Waals surface area contributed by atoms with Gasteiger partial charge in [-0.15, -0.1) is 0 Å². The number of thiol groups is 1. The van der Waals surface area contributed by atoms with E-state index in [2.05, 4.69) is 15.9 Å². The monoisotopic (exact) mass is 445 g/mol. The Labute approximate surface area is 160 Å². The fraction of sp³-hybridized carbons (Fsp3) is 0.235. The van der Waals surface area contributed by atoms with Crippen LogP contribution in [0.2, 0.25) is 0 Å². The summed E-state index contributed by atoms with van der Waals surface area (Å²) in [6.07, 6.45) is 0. The molecule has 0 aliphatic carbocycles. The van der Waals surface area contributed by atoms with Crippen LogP contribution < -0.4 is 9.04 Å². The molecule has 0 unspecified atom stereocenters. The minimum absolute atomic E-state index is 0.00812. The van der Waals surface area contributed by atoms with Crippen LogP contribution in [-0.4, -0.2) is 28.1 Å². The average Bonchev–Trinajstić information content (AvgIpc) is 2.59. The summed E-state index contributed by atoms with van der Waals surface area (Å²) < 4.78 is 49.8. The molecular weight excluding hydrogens is 429 g/mol. The molecule has 2 aromatic rings. The lowest BCUT2D eigenvalue weighted by Crippen LogP contribution is -2.17. The Morgan fingerprint density at radius 3 is 2.46 bits per heavy atom. The maximum absolute atomic E-state index is 14.6. The first kappa shape index (κ1) is 20.2. The molecule has 26 heavy (non-hydrogen) atoms. The predicted octanol–water partition coefficient (Wildman–Crippen LogP) is 3.75. The summed E-state index contributed by atoms with van der Waals surface area (Å²) >= 11 is 3.33. The average molecular weight is 446 g/mol. The van der Waals surface area contributed by atoms with E-state index < -0.39 is 22.7 Å². The van der Waals surface area contributed by atoms with Crippen LogP contribution in [0.1, 0.15) is 22.8 Å². The van der Waals surface area contributed by atoms with Gasteiger partial charge in [-0.25, -0.2) is 21.9 Å². The van der Waals surface area contributed by atoms with E-state index in [-0.39, 0.29) is 29.3 Å². The van der Waals surface area contributed by atoms with Gasteiger partial charge >= 0.3 is 5.97 Å². The second-order valence-corrected chi connectivity index (χ2v) is 6.94. The Hall–Kier alpha value is -2.13. The second kappa shape index (κ2) is 8.50. The van der Waals surface area contributed by atoms with Gasteiger partial charge in [0.15, 0.2) is 0 Å². The molecule has 0 saturated heterocycles. The lowest BCUT2D eigenvalue weighted by Gasteiger charge is -2.22. The van der Waals surface area contributed by atoms with Crippen molar-refractivity contribution in [2.45, 2.75) is 13.8 Å². The third-order valence-corrected chi connectivity index (χ3v) is 5.15. The van der Waals surface area contributed by atoms with E-state index in [0.717, 1.165) is 15.9 Å². The number of carbonyl (C=O) groups excluding carboxylic acids is 1. The topological polar surface area (TPSA) is 72.9 Å². The van der Waals surface area contributed by atoms with Crippen molar-refractivity contribution in [2.24, 2.45) is 0 Å². The highest BCUT2D eigenvalue weighted by Gasteiger charge is 2.22. The number of rotatable bonds is 6. The zero-order valence-corrected chi connectivity index (χ0v) is 16.8. The standard InChI is InChI=1S/C17H17BrFNO5S/c1-4-25-17(21)11-5-6-14(13(19)8-11)20(26(22)23)15-9-12(18)10(2)7-16(15)24-3/h5-9,26H,4H2,1-3H3. The Morgan fingerprint density at radius 1 is 1.23 bits per heavy atom. The number of aryl methyl sites for hydroxylation is 1. The third-order valence-electron chi connectivity index (χ3n) is 3.54. The van der Waals surface area contributed by atoms with Gasteiger partial charge < -0.3 is 9.47 Å². The summed E-state index contributed by atoms with van der Waals surface area (Å²) in [7, 11) is -1.84. The van der Waals surface area contributed by atoms with E-state index in [1.807, 2.05) is 6.92 Å². The van der Waals surface area contributed by atoms with Gasteiger partial charge in [0.05, 0.1) is 25.0 Å². The van der Waals surface area contributed by atoms with Gasteiger partial charge in [0.1, 0.15) is 17.3 Å². The molecule has 0 aliphatic rings. The van der Waals surface area contributed by atoms with Crippen LogP contribution >= 0.6 is 15.9 Å².